The van der Waals surface area contributed by atoms with Crippen LogP contribution in [0, 0.1) is 11.6 Å². The fraction of sp³-hybridized carbons (Fsp3) is 0.467. The lowest BCUT2D eigenvalue weighted by Crippen LogP contribution is -2.51. The van der Waals surface area contributed by atoms with Gasteiger partial charge in [-0.2, -0.15) is 0 Å². The molecule has 1 aromatic rings. The Morgan fingerprint density at radius 1 is 1.30 bits per heavy atom. The van der Waals surface area contributed by atoms with Crippen LogP contribution in [0.4, 0.5) is 19.3 Å². The summed E-state index contributed by atoms with van der Waals surface area (Å²) in [5.41, 5.74) is -0.0108. The minimum Gasteiger partial charge on any atom is -0.348 e. The predicted octanol–water partition coefficient (Wildman–Crippen LogP) is 2.61. The first kappa shape index (κ1) is 16.0. The van der Waals surface area contributed by atoms with Gasteiger partial charge in [0, 0.05) is 37.5 Å². The number of aliphatic imine (C=N–C) groups is 1. The predicted molar refractivity (Wildman–Crippen MR) is 87.9 cm³/mol. The van der Waals surface area contributed by atoms with E-state index in [2.05, 4.69) is 22.1 Å². The monoisotopic (exact) mass is 340 g/mol. The number of carbonyl (C=O) groups excluding carboxylic acids is 1. The highest BCUT2D eigenvalue weighted by atomic mass is 32.2. The van der Waals surface area contributed by atoms with Crippen LogP contribution in [-0.2, 0) is 0 Å². The minimum absolute atomic E-state index is 0.0108. The Bertz CT molecular complexity index is 632. The van der Waals surface area contributed by atoms with Crippen LogP contribution in [0.15, 0.2) is 23.2 Å². The number of nitrogens with one attached hydrogen (secondary N) is 1. The molecule has 0 spiro atoms. The van der Waals surface area contributed by atoms with Gasteiger partial charge in [-0.1, -0.05) is 18.7 Å². The molecular formula is C15H18F2N4OS. The summed E-state index contributed by atoms with van der Waals surface area (Å²) in [6.45, 7) is 5.48. The number of amides is 2. The molecule has 1 fully saturated rings. The molecule has 0 saturated carbocycles. The fourth-order valence-electron chi connectivity index (χ4n) is 2.52. The molecule has 8 heteroatoms. The Kier molecular flexibility index (Phi) is 4.70. The van der Waals surface area contributed by atoms with Gasteiger partial charge in [0.05, 0.1) is 12.2 Å². The number of piperazine rings is 1. The highest BCUT2D eigenvalue weighted by Gasteiger charge is 2.26. The quantitative estimate of drug-likeness (QED) is 0.855. The smallest absolute Gasteiger partial charge is 0.322 e. The molecule has 2 aliphatic heterocycles. The van der Waals surface area contributed by atoms with Crippen molar-refractivity contribution in [2.24, 2.45) is 4.99 Å². The van der Waals surface area contributed by atoms with Gasteiger partial charge >= 0.3 is 6.03 Å². The van der Waals surface area contributed by atoms with Crippen LogP contribution in [-0.4, -0.2) is 59.0 Å². The summed E-state index contributed by atoms with van der Waals surface area (Å²) in [7, 11) is 0. The standard InChI is InChI=1S/C15H18F2N4OS/c1-10-9-18-15(23-10)21-6-4-20(5-7-21)14(22)19-13-3-2-11(16)8-12(13)17/h2-3,8,10H,4-7,9H2,1H3,(H,19,22). The van der Waals surface area contributed by atoms with E-state index >= 15 is 0 Å². The third-order valence-corrected chi connectivity index (χ3v) is 4.95. The number of hydrogen-bond acceptors (Lipinski definition) is 4. The Morgan fingerprint density at radius 3 is 2.65 bits per heavy atom. The van der Waals surface area contributed by atoms with E-state index in [0.717, 1.165) is 23.8 Å². The first-order valence-corrected chi connectivity index (χ1v) is 8.38. The summed E-state index contributed by atoms with van der Waals surface area (Å²) >= 11 is 1.76. The number of carbonyl (C=O) groups is 1. The average molecular weight is 340 g/mol. The second-order valence-corrected chi connectivity index (χ2v) is 6.99. The van der Waals surface area contributed by atoms with Crippen LogP contribution in [0.1, 0.15) is 6.92 Å². The zero-order valence-electron chi connectivity index (χ0n) is 12.8. The number of thioether (sulfide) groups is 1. The van der Waals surface area contributed by atoms with Crippen molar-refractivity contribution < 1.29 is 13.6 Å². The molecule has 1 N–H and O–H groups in total. The van der Waals surface area contributed by atoms with Gasteiger partial charge in [-0.15, -0.1) is 0 Å². The number of urea groups is 1. The molecule has 0 bridgehead atoms. The summed E-state index contributed by atoms with van der Waals surface area (Å²) in [5.74, 6) is -1.44. The molecule has 2 amide bonds. The lowest BCUT2D eigenvalue weighted by atomic mass is 10.3. The third kappa shape index (κ3) is 3.74. The van der Waals surface area contributed by atoms with Crippen molar-refractivity contribution >= 4 is 28.6 Å². The number of halogens is 2. The van der Waals surface area contributed by atoms with E-state index in [0.29, 0.717) is 31.4 Å². The zero-order valence-corrected chi connectivity index (χ0v) is 13.6. The minimum atomic E-state index is -0.775. The second kappa shape index (κ2) is 6.74. The molecule has 2 aliphatic rings. The van der Waals surface area contributed by atoms with Gasteiger partial charge < -0.3 is 15.1 Å². The maximum absolute atomic E-state index is 13.6. The van der Waals surface area contributed by atoms with E-state index in [1.165, 1.54) is 6.07 Å². The van der Waals surface area contributed by atoms with Crippen LogP contribution in [0.5, 0.6) is 0 Å². The van der Waals surface area contributed by atoms with Crippen molar-refractivity contribution in [3.05, 3.63) is 29.8 Å². The van der Waals surface area contributed by atoms with E-state index in [1.54, 1.807) is 16.7 Å². The second-order valence-electron chi connectivity index (χ2n) is 5.58. The van der Waals surface area contributed by atoms with Gasteiger partial charge in [0.25, 0.3) is 0 Å². The highest BCUT2D eigenvalue weighted by molar-refractivity contribution is 8.14. The molecule has 0 aromatic heterocycles. The normalized spacial score (nSPS) is 21.3. The van der Waals surface area contributed by atoms with Gasteiger partial charge in [-0.25, -0.2) is 13.6 Å². The number of hydrogen-bond donors (Lipinski definition) is 1. The lowest BCUT2D eigenvalue weighted by Gasteiger charge is -2.35. The number of amidine groups is 1. The van der Waals surface area contributed by atoms with Gasteiger partial charge in [-0.3, -0.25) is 4.99 Å². The van der Waals surface area contributed by atoms with E-state index in [1.807, 2.05) is 0 Å². The van der Waals surface area contributed by atoms with Gasteiger partial charge in [-0.05, 0) is 12.1 Å². The highest BCUT2D eigenvalue weighted by Crippen LogP contribution is 2.24. The summed E-state index contributed by atoms with van der Waals surface area (Å²) in [5, 5.41) is 4.04. The van der Waals surface area contributed by atoms with Crippen LogP contribution in [0.3, 0.4) is 0 Å². The van der Waals surface area contributed by atoms with E-state index in [4.69, 9.17) is 0 Å². The van der Waals surface area contributed by atoms with Crippen molar-refractivity contribution in [1.82, 2.24) is 9.80 Å². The Hall–Kier alpha value is -1.83. The molecule has 3 rings (SSSR count). The molecular weight excluding hydrogens is 322 g/mol. The molecule has 23 heavy (non-hydrogen) atoms. The van der Waals surface area contributed by atoms with Crippen LogP contribution >= 0.6 is 11.8 Å². The van der Waals surface area contributed by atoms with Crippen molar-refractivity contribution in [2.45, 2.75) is 12.2 Å². The molecule has 1 atom stereocenters. The third-order valence-electron chi connectivity index (χ3n) is 3.80. The molecule has 5 nitrogen and oxygen atoms in total. The average Bonchev–Trinajstić information content (AvgIpc) is 2.97. The first-order chi connectivity index (χ1) is 11.0. The molecule has 1 aromatic carbocycles. The SMILES string of the molecule is CC1CN=C(N2CCN(C(=O)Nc3ccc(F)cc3F)CC2)S1. The number of anilines is 1. The van der Waals surface area contributed by atoms with Gasteiger partial charge in [0.15, 0.2) is 5.17 Å². The van der Waals surface area contributed by atoms with E-state index in [-0.39, 0.29) is 11.7 Å². The van der Waals surface area contributed by atoms with Crippen LogP contribution in [0.25, 0.3) is 0 Å². The van der Waals surface area contributed by atoms with Gasteiger partial charge in [0.1, 0.15) is 11.6 Å². The Morgan fingerprint density at radius 2 is 2.04 bits per heavy atom. The molecule has 0 radical (unpaired) electrons. The number of benzene rings is 1. The van der Waals surface area contributed by atoms with E-state index < -0.39 is 11.6 Å². The molecule has 1 unspecified atom stereocenters. The molecule has 0 aliphatic carbocycles. The van der Waals surface area contributed by atoms with Gasteiger partial charge in [0.2, 0.25) is 0 Å². The maximum atomic E-state index is 13.6. The summed E-state index contributed by atoms with van der Waals surface area (Å²) in [6.07, 6.45) is 0. The van der Waals surface area contributed by atoms with Crippen molar-refractivity contribution in [3.63, 3.8) is 0 Å². The van der Waals surface area contributed by atoms with Crippen molar-refractivity contribution in [1.29, 1.82) is 0 Å². The number of nitrogens with zero attached hydrogens (tertiary/aromatic N) is 3. The van der Waals surface area contributed by atoms with Crippen LogP contribution < -0.4 is 5.32 Å². The number of rotatable bonds is 1. The fourth-order valence-corrected chi connectivity index (χ4v) is 3.51. The molecule has 2 heterocycles. The Labute approximate surface area is 137 Å². The summed E-state index contributed by atoms with van der Waals surface area (Å²) in [6, 6.07) is 2.73. The zero-order chi connectivity index (χ0) is 16.4. The maximum Gasteiger partial charge on any atom is 0.322 e. The molecule has 124 valence electrons. The lowest BCUT2D eigenvalue weighted by molar-refractivity contribution is 0.182. The molecule has 1 saturated heterocycles. The largest absolute Gasteiger partial charge is 0.348 e. The van der Waals surface area contributed by atoms with Crippen molar-refractivity contribution in [2.75, 3.05) is 38.0 Å². The Balaban J connectivity index is 1.54. The van der Waals surface area contributed by atoms with E-state index in [9.17, 15) is 13.6 Å². The van der Waals surface area contributed by atoms with Crippen LogP contribution in [0.2, 0.25) is 0 Å². The summed E-state index contributed by atoms with van der Waals surface area (Å²) in [4.78, 5) is 20.5. The topological polar surface area (TPSA) is 47.9 Å². The first-order valence-electron chi connectivity index (χ1n) is 7.50. The van der Waals surface area contributed by atoms with Crippen molar-refractivity contribution in [3.8, 4) is 0 Å². The summed E-state index contributed by atoms with van der Waals surface area (Å²) < 4.78 is 26.5.